The van der Waals surface area contributed by atoms with Crippen molar-refractivity contribution < 1.29 is 4.79 Å². The summed E-state index contributed by atoms with van der Waals surface area (Å²) < 4.78 is 0.985. The molecule has 7 heteroatoms. The number of hydrogen-bond donors (Lipinski definition) is 3. The van der Waals surface area contributed by atoms with Crippen molar-refractivity contribution in [3.63, 3.8) is 0 Å². The Labute approximate surface area is 180 Å². The lowest BCUT2D eigenvalue weighted by Gasteiger charge is -2.09. The second-order valence-corrected chi connectivity index (χ2v) is 6.62. The fourth-order valence-corrected chi connectivity index (χ4v) is 2.74. The number of aryl methyl sites for hydroxylation is 2. The lowest BCUT2D eigenvalue weighted by Crippen LogP contribution is -2.23. The van der Waals surface area contributed by atoms with Crippen molar-refractivity contribution in [2.75, 3.05) is 17.2 Å². The Morgan fingerprint density at radius 2 is 1.85 bits per heavy atom. The van der Waals surface area contributed by atoms with Crippen molar-refractivity contribution in [3.05, 3.63) is 58.1 Å². The quantitative estimate of drug-likeness (QED) is 0.288. The van der Waals surface area contributed by atoms with Crippen LogP contribution in [0.15, 0.2) is 51.9 Å². The fourth-order valence-electron chi connectivity index (χ4n) is 2.27. The number of benzene rings is 2. The number of nitrogens with one attached hydrogen (secondary N) is 2. The van der Waals surface area contributed by atoms with Crippen LogP contribution in [-0.2, 0) is 11.2 Å². The van der Waals surface area contributed by atoms with Gasteiger partial charge in [0.05, 0.1) is 6.54 Å². The third-order valence-electron chi connectivity index (χ3n) is 3.72. The van der Waals surface area contributed by atoms with Crippen LogP contribution < -0.4 is 16.4 Å². The zero-order valence-corrected chi connectivity index (χ0v) is 18.8. The largest absolute Gasteiger partial charge is 0.370 e. The maximum Gasteiger partial charge on any atom is 0.226 e. The number of amides is 1. The highest BCUT2D eigenvalue weighted by Crippen LogP contribution is 2.20. The van der Waals surface area contributed by atoms with Gasteiger partial charge >= 0.3 is 0 Å². The first kappa shape index (κ1) is 22.4. The van der Waals surface area contributed by atoms with E-state index >= 15 is 0 Å². The van der Waals surface area contributed by atoms with Gasteiger partial charge in [-0.2, -0.15) is 0 Å². The summed E-state index contributed by atoms with van der Waals surface area (Å²) in [4.78, 5) is 16.2. The number of carbonyl (C=O) groups is 1. The lowest BCUT2D eigenvalue weighted by molar-refractivity contribution is -0.116. The second-order valence-electron chi connectivity index (χ2n) is 5.70. The van der Waals surface area contributed by atoms with Gasteiger partial charge in [0.1, 0.15) is 0 Å². The predicted octanol–water partition coefficient (Wildman–Crippen LogP) is 4.69. The molecule has 0 aliphatic carbocycles. The summed E-state index contributed by atoms with van der Waals surface area (Å²) in [6, 6.07) is 13.7. The van der Waals surface area contributed by atoms with E-state index in [9.17, 15) is 4.79 Å². The first-order chi connectivity index (χ1) is 12.0. The number of rotatable bonds is 6. The number of aliphatic imine (C=N–C) groups is 1. The third kappa shape index (κ3) is 7.33. The molecule has 140 valence electrons. The highest BCUT2D eigenvalue weighted by molar-refractivity contribution is 14.0. The van der Waals surface area contributed by atoms with Gasteiger partial charge in [0.15, 0.2) is 5.96 Å². The molecule has 2 aromatic rings. The van der Waals surface area contributed by atoms with Crippen molar-refractivity contribution in [1.29, 1.82) is 0 Å². The molecule has 0 aromatic heterocycles. The zero-order valence-electron chi connectivity index (χ0n) is 14.9. The van der Waals surface area contributed by atoms with Crippen LogP contribution in [0.3, 0.4) is 0 Å². The smallest absolute Gasteiger partial charge is 0.226 e. The maximum absolute atomic E-state index is 12.0. The van der Waals surface area contributed by atoms with E-state index < -0.39 is 0 Å². The van der Waals surface area contributed by atoms with Gasteiger partial charge in [-0.15, -0.1) is 24.0 Å². The van der Waals surface area contributed by atoms with Gasteiger partial charge in [0.25, 0.3) is 0 Å². The molecule has 0 aliphatic heterocycles. The number of carbonyl (C=O) groups excluding carboxylic acids is 1. The summed E-state index contributed by atoms with van der Waals surface area (Å²) in [5.41, 5.74) is 9.81. The van der Waals surface area contributed by atoms with E-state index in [0.29, 0.717) is 12.5 Å². The van der Waals surface area contributed by atoms with Crippen LogP contribution in [0.25, 0.3) is 0 Å². The number of halogens is 2. The highest BCUT2D eigenvalue weighted by Gasteiger charge is 2.05. The summed E-state index contributed by atoms with van der Waals surface area (Å²) in [7, 11) is 0. The topological polar surface area (TPSA) is 79.5 Å². The van der Waals surface area contributed by atoms with E-state index in [1.165, 1.54) is 5.56 Å². The van der Waals surface area contributed by atoms with Gasteiger partial charge in [0.2, 0.25) is 5.91 Å². The molecule has 1 amide bonds. The van der Waals surface area contributed by atoms with Crippen LogP contribution in [0.5, 0.6) is 0 Å². The van der Waals surface area contributed by atoms with E-state index in [1.54, 1.807) is 0 Å². The molecule has 0 atom stereocenters. The molecule has 0 saturated heterocycles. The summed E-state index contributed by atoms with van der Waals surface area (Å²) >= 11 is 3.40. The summed E-state index contributed by atoms with van der Waals surface area (Å²) in [5.74, 6) is 0.214. The molecule has 0 unspecified atom stereocenters. The molecule has 0 aliphatic rings. The normalized spacial score (nSPS) is 10.8. The fraction of sp³-hybridized carbons (Fsp3) is 0.263. The minimum atomic E-state index is -0.0886. The SMILES string of the molecule is CCc1ccc(NC(N)=NCCC(=O)Nc2ccc(Br)cc2C)cc1.I. The number of nitrogens with zero attached hydrogens (tertiary/aromatic N) is 1. The van der Waals surface area contributed by atoms with Crippen LogP contribution in [0, 0.1) is 6.92 Å². The Balaban J connectivity index is 0.00000338. The third-order valence-corrected chi connectivity index (χ3v) is 4.21. The van der Waals surface area contributed by atoms with Crippen LogP contribution in [0.4, 0.5) is 11.4 Å². The summed E-state index contributed by atoms with van der Waals surface area (Å²) in [6.07, 6.45) is 1.27. The summed E-state index contributed by atoms with van der Waals surface area (Å²) in [5, 5.41) is 5.91. The summed E-state index contributed by atoms with van der Waals surface area (Å²) in [6.45, 7) is 4.39. The van der Waals surface area contributed by atoms with Crippen LogP contribution >= 0.6 is 39.9 Å². The Morgan fingerprint density at radius 1 is 1.15 bits per heavy atom. The van der Waals surface area contributed by atoms with Crippen LogP contribution in [0.1, 0.15) is 24.5 Å². The highest BCUT2D eigenvalue weighted by atomic mass is 127. The molecule has 2 aromatic carbocycles. The van der Waals surface area contributed by atoms with E-state index in [4.69, 9.17) is 5.73 Å². The second kappa shape index (κ2) is 11.2. The Kier molecular flexibility index (Phi) is 9.64. The molecule has 0 radical (unpaired) electrons. The first-order valence-corrected chi connectivity index (χ1v) is 8.99. The predicted molar refractivity (Wildman–Crippen MR) is 123 cm³/mol. The minimum absolute atomic E-state index is 0. The van der Waals surface area contributed by atoms with Gasteiger partial charge in [0, 0.05) is 22.3 Å². The number of hydrogen-bond acceptors (Lipinski definition) is 2. The van der Waals surface area contributed by atoms with Crippen molar-refractivity contribution in [1.82, 2.24) is 0 Å². The van der Waals surface area contributed by atoms with Crippen LogP contribution in [0.2, 0.25) is 0 Å². The van der Waals surface area contributed by atoms with E-state index in [0.717, 1.165) is 27.8 Å². The minimum Gasteiger partial charge on any atom is -0.370 e. The Morgan fingerprint density at radius 3 is 2.46 bits per heavy atom. The average Bonchev–Trinajstić information content (AvgIpc) is 2.58. The number of guanidine groups is 1. The lowest BCUT2D eigenvalue weighted by atomic mass is 10.1. The standard InChI is InChI=1S/C19H23BrN4O.HI/c1-3-14-4-7-16(8-5-14)23-19(21)22-11-10-18(25)24-17-9-6-15(20)12-13(17)2;/h4-9,12H,3,10-11H2,1-2H3,(H,24,25)(H3,21,22,23);1H. The monoisotopic (exact) mass is 530 g/mol. The zero-order chi connectivity index (χ0) is 18.2. The van der Waals surface area contributed by atoms with Gasteiger partial charge in [-0.05, 0) is 54.8 Å². The van der Waals surface area contributed by atoms with Crippen LogP contribution in [-0.4, -0.2) is 18.4 Å². The molecular formula is C19H24BrIN4O. The Bertz CT molecular complexity index is 763. The first-order valence-electron chi connectivity index (χ1n) is 8.20. The van der Waals surface area contributed by atoms with Crippen molar-refractivity contribution in [2.45, 2.75) is 26.7 Å². The average molecular weight is 531 g/mol. The molecule has 0 spiro atoms. The maximum atomic E-state index is 12.0. The molecule has 0 bridgehead atoms. The molecule has 5 nitrogen and oxygen atoms in total. The Hall–Kier alpha value is -1.61. The van der Waals surface area contributed by atoms with Gasteiger partial charge in [-0.3, -0.25) is 9.79 Å². The molecule has 0 fully saturated rings. The van der Waals surface area contributed by atoms with Gasteiger partial charge in [-0.25, -0.2) is 0 Å². The van der Waals surface area contributed by atoms with E-state index in [2.05, 4.69) is 38.5 Å². The van der Waals surface area contributed by atoms with E-state index in [1.807, 2.05) is 49.4 Å². The van der Waals surface area contributed by atoms with Gasteiger partial charge in [-0.1, -0.05) is 35.0 Å². The van der Waals surface area contributed by atoms with Gasteiger partial charge < -0.3 is 16.4 Å². The molecule has 2 rings (SSSR count). The van der Waals surface area contributed by atoms with Crippen molar-refractivity contribution in [2.24, 2.45) is 10.7 Å². The van der Waals surface area contributed by atoms with Crippen molar-refractivity contribution >= 4 is 63.1 Å². The number of nitrogens with two attached hydrogens (primary N) is 1. The van der Waals surface area contributed by atoms with E-state index in [-0.39, 0.29) is 36.3 Å². The number of anilines is 2. The molecule has 4 N–H and O–H groups in total. The molecular weight excluding hydrogens is 507 g/mol. The molecule has 0 heterocycles. The molecule has 26 heavy (non-hydrogen) atoms. The molecule has 0 saturated carbocycles. The van der Waals surface area contributed by atoms with Crippen molar-refractivity contribution in [3.8, 4) is 0 Å².